The fourth-order valence-electron chi connectivity index (χ4n) is 2.88. The summed E-state index contributed by atoms with van der Waals surface area (Å²) >= 11 is 5.99. The number of benzene rings is 1. The Morgan fingerprint density at radius 1 is 1.42 bits per heavy atom. The van der Waals surface area contributed by atoms with Gasteiger partial charge in [-0.15, -0.1) is 0 Å². The molecule has 0 bridgehead atoms. The molecule has 0 aliphatic carbocycles. The van der Waals surface area contributed by atoms with Gasteiger partial charge in [0.25, 0.3) is 10.1 Å². The average Bonchev–Trinajstić information content (AvgIpc) is 2.35. The molecule has 6 heteroatoms. The lowest BCUT2D eigenvalue weighted by atomic mass is 9.74. The van der Waals surface area contributed by atoms with Crippen LogP contribution in [0.15, 0.2) is 18.2 Å². The third-order valence-electron chi connectivity index (χ3n) is 4.16. The van der Waals surface area contributed by atoms with Crippen molar-refractivity contribution >= 4 is 27.4 Å². The number of hydrogen-bond donors (Lipinski definition) is 2. The number of nitrogens with one attached hydrogen (secondary N) is 1. The minimum atomic E-state index is -4.15. The molecule has 1 aromatic rings. The van der Waals surface area contributed by atoms with Crippen molar-refractivity contribution in [3.63, 3.8) is 0 Å². The number of anilines is 1. The summed E-state index contributed by atoms with van der Waals surface area (Å²) in [5.74, 6) is 0. The molecule has 1 aromatic carbocycles. The van der Waals surface area contributed by atoms with Crippen LogP contribution in [0.4, 0.5) is 5.69 Å². The predicted octanol–water partition coefficient (Wildman–Crippen LogP) is 3.33. The summed E-state index contributed by atoms with van der Waals surface area (Å²) in [7, 11) is -4.15. The Hall–Kier alpha value is -0.780. The fourth-order valence-corrected chi connectivity index (χ4v) is 4.40. The van der Waals surface area contributed by atoms with Gasteiger partial charge in [0.05, 0.1) is 0 Å². The van der Waals surface area contributed by atoms with Crippen LogP contribution >= 0.6 is 11.6 Å². The van der Waals surface area contributed by atoms with E-state index in [2.05, 4.69) is 5.32 Å². The van der Waals surface area contributed by atoms with E-state index < -0.39 is 20.9 Å². The van der Waals surface area contributed by atoms with E-state index in [0.29, 0.717) is 24.3 Å². The Morgan fingerprint density at radius 2 is 2.05 bits per heavy atom. The van der Waals surface area contributed by atoms with E-state index in [-0.39, 0.29) is 0 Å². The van der Waals surface area contributed by atoms with Crippen LogP contribution in [0, 0.1) is 5.41 Å². The van der Waals surface area contributed by atoms with Crippen LogP contribution in [0.1, 0.15) is 32.3 Å². The predicted molar refractivity (Wildman–Crippen MR) is 77.1 cm³/mol. The largest absolute Gasteiger partial charge is 0.366 e. The summed E-state index contributed by atoms with van der Waals surface area (Å²) in [5, 5.41) is 2.62. The van der Waals surface area contributed by atoms with Crippen LogP contribution in [-0.4, -0.2) is 18.3 Å². The summed E-state index contributed by atoms with van der Waals surface area (Å²) in [6, 6.07) is 5.31. The first-order valence-electron chi connectivity index (χ1n) is 6.33. The third kappa shape index (κ3) is 2.59. The van der Waals surface area contributed by atoms with E-state index >= 15 is 0 Å². The second-order valence-electron chi connectivity index (χ2n) is 5.09. The summed E-state index contributed by atoms with van der Waals surface area (Å²) < 4.78 is 32.8. The van der Waals surface area contributed by atoms with E-state index in [9.17, 15) is 13.0 Å². The lowest BCUT2D eigenvalue weighted by molar-refractivity contribution is 0.239. The van der Waals surface area contributed by atoms with E-state index in [0.717, 1.165) is 11.3 Å². The first kappa shape index (κ1) is 14.6. The van der Waals surface area contributed by atoms with Crippen LogP contribution < -0.4 is 5.32 Å². The number of halogens is 1. The smallest absolute Gasteiger partial charge is 0.286 e. The Bertz CT molecular complexity index is 582. The maximum absolute atomic E-state index is 11.7. The maximum atomic E-state index is 11.7. The molecular weight excluding hydrogens is 286 g/mol. The maximum Gasteiger partial charge on any atom is 0.286 e. The first-order chi connectivity index (χ1) is 8.82. The Kier molecular flexibility index (Phi) is 3.82. The molecular formula is C13H18ClNO3S. The zero-order chi connectivity index (χ0) is 14.3. The van der Waals surface area contributed by atoms with Gasteiger partial charge in [0.2, 0.25) is 0 Å². The highest BCUT2D eigenvalue weighted by Gasteiger charge is 2.46. The SMILES string of the molecule is CCC1(CC)Cc2cc(Cl)ccc2NC1S(=O)(=O)O. The zero-order valence-corrected chi connectivity index (χ0v) is 12.6. The molecule has 2 rings (SSSR count). The van der Waals surface area contributed by atoms with Crippen molar-refractivity contribution in [1.29, 1.82) is 0 Å². The Morgan fingerprint density at radius 3 is 2.58 bits per heavy atom. The van der Waals surface area contributed by atoms with Crippen LogP contribution in [0.3, 0.4) is 0 Å². The summed E-state index contributed by atoms with van der Waals surface area (Å²) in [6.07, 6.45) is 1.91. The second-order valence-corrected chi connectivity index (χ2v) is 7.02. The Labute approximate surface area is 118 Å². The molecule has 106 valence electrons. The van der Waals surface area contributed by atoms with Crippen LogP contribution in [0.2, 0.25) is 5.02 Å². The van der Waals surface area contributed by atoms with Crippen molar-refractivity contribution in [2.45, 2.75) is 38.5 Å². The van der Waals surface area contributed by atoms with Crippen molar-refractivity contribution in [2.24, 2.45) is 5.41 Å². The normalized spacial score (nSPS) is 21.6. The highest BCUT2D eigenvalue weighted by atomic mass is 35.5. The quantitative estimate of drug-likeness (QED) is 0.841. The van der Waals surface area contributed by atoms with E-state index in [1.165, 1.54) is 0 Å². The highest BCUT2D eigenvalue weighted by Crippen LogP contribution is 2.44. The highest BCUT2D eigenvalue weighted by molar-refractivity contribution is 7.86. The van der Waals surface area contributed by atoms with Crippen molar-refractivity contribution in [3.05, 3.63) is 28.8 Å². The van der Waals surface area contributed by atoms with Gasteiger partial charge in [-0.25, -0.2) is 0 Å². The molecule has 0 saturated heterocycles. The van der Waals surface area contributed by atoms with Gasteiger partial charge in [-0.2, -0.15) is 8.42 Å². The van der Waals surface area contributed by atoms with Crippen molar-refractivity contribution in [2.75, 3.05) is 5.32 Å². The fraction of sp³-hybridized carbons (Fsp3) is 0.538. The van der Waals surface area contributed by atoms with Crippen molar-refractivity contribution < 1.29 is 13.0 Å². The van der Waals surface area contributed by atoms with Gasteiger partial charge in [0.15, 0.2) is 5.37 Å². The molecule has 19 heavy (non-hydrogen) atoms. The average molecular weight is 304 g/mol. The Balaban J connectivity index is 2.55. The number of hydrogen-bond acceptors (Lipinski definition) is 3. The molecule has 0 amide bonds. The van der Waals surface area contributed by atoms with E-state index in [1.807, 2.05) is 19.9 Å². The van der Waals surface area contributed by atoms with Gasteiger partial charge in [0, 0.05) is 16.1 Å². The first-order valence-corrected chi connectivity index (χ1v) is 8.22. The number of fused-ring (bicyclic) bond motifs is 1. The molecule has 2 N–H and O–H groups in total. The summed E-state index contributed by atoms with van der Waals surface area (Å²) in [6.45, 7) is 3.89. The molecule has 0 spiro atoms. The summed E-state index contributed by atoms with van der Waals surface area (Å²) in [5.41, 5.74) is 1.21. The second kappa shape index (κ2) is 4.96. The molecule has 1 atom stereocenters. The molecule has 0 saturated carbocycles. The molecule has 4 nitrogen and oxygen atoms in total. The molecule has 0 aromatic heterocycles. The van der Waals surface area contributed by atoms with Gasteiger partial charge in [-0.05, 0) is 43.0 Å². The van der Waals surface area contributed by atoms with Crippen molar-refractivity contribution in [1.82, 2.24) is 0 Å². The molecule has 1 heterocycles. The molecule has 1 aliphatic heterocycles. The number of rotatable bonds is 3. The van der Waals surface area contributed by atoms with Gasteiger partial charge in [-0.1, -0.05) is 25.4 Å². The zero-order valence-electron chi connectivity index (χ0n) is 11.0. The lowest BCUT2D eigenvalue weighted by Gasteiger charge is -2.43. The van der Waals surface area contributed by atoms with Crippen LogP contribution in [0.25, 0.3) is 0 Å². The van der Waals surface area contributed by atoms with Gasteiger partial charge >= 0.3 is 0 Å². The van der Waals surface area contributed by atoms with Gasteiger partial charge in [-0.3, -0.25) is 4.55 Å². The molecule has 0 fully saturated rings. The van der Waals surface area contributed by atoms with Gasteiger partial charge < -0.3 is 5.32 Å². The van der Waals surface area contributed by atoms with Gasteiger partial charge in [0.1, 0.15) is 0 Å². The monoisotopic (exact) mass is 303 g/mol. The van der Waals surface area contributed by atoms with Crippen LogP contribution in [0.5, 0.6) is 0 Å². The lowest BCUT2D eigenvalue weighted by Crippen LogP contribution is -2.49. The van der Waals surface area contributed by atoms with Crippen LogP contribution in [-0.2, 0) is 16.5 Å². The van der Waals surface area contributed by atoms with Crippen molar-refractivity contribution in [3.8, 4) is 0 Å². The topological polar surface area (TPSA) is 66.4 Å². The molecule has 0 radical (unpaired) electrons. The van der Waals surface area contributed by atoms with E-state index in [1.54, 1.807) is 12.1 Å². The summed E-state index contributed by atoms with van der Waals surface area (Å²) in [4.78, 5) is 0. The minimum absolute atomic E-state index is 0.509. The third-order valence-corrected chi connectivity index (χ3v) is 5.61. The van der Waals surface area contributed by atoms with E-state index in [4.69, 9.17) is 11.6 Å². The standard InChI is InChI=1S/C13H18ClNO3S/c1-3-13(4-2)8-9-7-10(14)5-6-11(9)15-12(13)19(16,17)18/h5-7,12,15H,3-4,8H2,1-2H3,(H,16,17,18). The molecule has 1 aliphatic rings. The minimum Gasteiger partial charge on any atom is -0.366 e. The molecule has 1 unspecified atom stereocenters.